The van der Waals surface area contributed by atoms with Crippen molar-refractivity contribution in [2.24, 2.45) is 0 Å². The zero-order chi connectivity index (χ0) is 17.9. The zero-order valence-corrected chi connectivity index (χ0v) is 18.4. The molecule has 0 aliphatic heterocycles. The molecule has 0 spiro atoms. The first-order valence-electron chi connectivity index (χ1n) is 8.88. The number of benzene rings is 4. The van der Waals surface area contributed by atoms with E-state index in [-0.39, 0.29) is 21.1 Å². The number of rotatable bonds is 3. The summed E-state index contributed by atoms with van der Waals surface area (Å²) in [6, 6.07) is 36.9. The van der Waals surface area contributed by atoms with E-state index in [0.717, 1.165) is 22.3 Å². The molecule has 0 fully saturated rings. The SMILES string of the molecule is Cc1ccc(-c2[c-]c(-c3[c-]c(-c4ccc(C)cc4)ccc3)ccc2)cc1.[W+2]. The quantitative estimate of drug-likeness (QED) is 0.260. The molecular formula is C26H20W. The normalized spacial score (nSPS) is 10.3. The van der Waals surface area contributed by atoms with Gasteiger partial charge in [-0.15, -0.1) is 35.4 Å². The van der Waals surface area contributed by atoms with Gasteiger partial charge >= 0.3 is 21.1 Å². The second-order valence-corrected chi connectivity index (χ2v) is 6.69. The molecule has 130 valence electrons. The van der Waals surface area contributed by atoms with E-state index in [2.05, 4.69) is 111 Å². The smallest absolute Gasteiger partial charge is 0.183 e. The van der Waals surface area contributed by atoms with E-state index >= 15 is 0 Å². The van der Waals surface area contributed by atoms with E-state index < -0.39 is 0 Å². The van der Waals surface area contributed by atoms with Crippen LogP contribution in [0.25, 0.3) is 33.4 Å². The van der Waals surface area contributed by atoms with E-state index in [9.17, 15) is 0 Å². The standard InChI is InChI=1S/C26H20.W/c1-19-9-13-21(14-10-19)23-5-3-7-25(17-23)26-8-4-6-24(18-26)22-15-11-20(2)12-16-22;/h3-16H,1-2H3;/q-2;+2. The molecule has 27 heavy (non-hydrogen) atoms. The van der Waals surface area contributed by atoms with E-state index in [4.69, 9.17) is 0 Å². The summed E-state index contributed by atoms with van der Waals surface area (Å²) in [6.45, 7) is 4.21. The van der Waals surface area contributed by atoms with Gasteiger partial charge in [0.1, 0.15) is 0 Å². The first-order valence-corrected chi connectivity index (χ1v) is 8.88. The van der Waals surface area contributed by atoms with Crippen molar-refractivity contribution in [3.63, 3.8) is 0 Å². The van der Waals surface area contributed by atoms with Gasteiger partial charge < -0.3 is 0 Å². The summed E-state index contributed by atoms with van der Waals surface area (Å²) < 4.78 is 0. The van der Waals surface area contributed by atoms with E-state index in [1.807, 2.05) is 0 Å². The molecule has 0 bridgehead atoms. The van der Waals surface area contributed by atoms with Gasteiger partial charge in [-0.3, -0.25) is 0 Å². The summed E-state index contributed by atoms with van der Waals surface area (Å²) >= 11 is 0. The summed E-state index contributed by atoms with van der Waals surface area (Å²) in [6.07, 6.45) is 0. The van der Waals surface area contributed by atoms with E-state index in [0.29, 0.717) is 0 Å². The molecule has 0 aliphatic rings. The molecule has 0 aliphatic carbocycles. The molecule has 0 saturated heterocycles. The van der Waals surface area contributed by atoms with Crippen LogP contribution in [0.4, 0.5) is 0 Å². The second-order valence-electron chi connectivity index (χ2n) is 6.69. The Morgan fingerprint density at radius 2 is 0.778 bits per heavy atom. The predicted octanol–water partition coefficient (Wildman–Crippen LogP) is 6.90. The van der Waals surface area contributed by atoms with Crippen LogP contribution in [0.3, 0.4) is 0 Å². The molecular weight excluding hydrogens is 496 g/mol. The molecule has 0 radical (unpaired) electrons. The molecule has 0 heterocycles. The average Bonchev–Trinajstić information content (AvgIpc) is 2.69. The number of hydrogen-bond acceptors (Lipinski definition) is 0. The zero-order valence-electron chi connectivity index (χ0n) is 15.5. The molecule has 4 aromatic rings. The number of hydrogen-bond donors (Lipinski definition) is 0. The Bertz CT molecular complexity index is 941. The third kappa shape index (κ3) is 4.46. The topological polar surface area (TPSA) is 0 Å². The molecule has 0 nitrogen and oxygen atoms in total. The van der Waals surface area contributed by atoms with Gasteiger partial charge in [-0.25, -0.2) is 0 Å². The Balaban J connectivity index is 0.00000210. The third-order valence-corrected chi connectivity index (χ3v) is 4.61. The Morgan fingerprint density at radius 3 is 1.15 bits per heavy atom. The van der Waals surface area contributed by atoms with Gasteiger partial charge in [0.15, 0.2) is 0 Å². The minimum atomic E-state index is 0. The van der Waals surface area contributed by atoms with Crippen molar-refractivity contribution < 1.29 is 21.1 Å². The van der Waals surface area contributed by atoms with Crippen LogP contribution in [0.5, 0.6) is 0 Å². The monoisotopic (exact) mass is 516 g/mol. The summed E-state index contributed by atoms with van der Waals surface area (Å²) in [4.78, 5) is 0. The van der Waals surface area contributed by atoms with Crippen LogP contribution >= 0.6 is 0 Å². The van der Waals surface area contributed by atoms with Crippen molar-refractivity contribution in [1.82, 2.24) is 0 Å². The molecule has 4 aromatic carbocycles. The third-order valence-electron chi connectivity index (χ3n) is 4.61. The summed E-state index contributed by atoms with van der Waals surface area (Å²) in [7, 11) is 0. The fourth-order valence-electron chi connectivity index (χ4n) is 3.06. The minimum Gasteiger partial charge on any atom is -0.183 e. The summed E-state index contributed by atoms with van der Waals surface area (Å²) in [5, 5.41) is 0. The van der Waals surface area contributed by atoms with Crippen molar-refractivity contribution in [2.45, 2.75) is 13.8 Å². The Kier molecular flexibility index (Phi) is 6.09. The summed E-state index contributed by atoms with van der Waals surface area (Å²) in [5.74, 6) is 0. The minimum absolute atomic E-state index is 0. The Morgan fingerprint density at radius 1 is 0.444 bits per heavy atom. The van der Waals surface area contributed by atoms with E-state index in [1.54, 1.807) is 0 Å². The van der Waals surface area contributed by atoms with Crippen LogP contribution in [-0.4, -0.2) is 0 Å². The summed E-state index contributed by atoms with van der Waals surface area (Å²) in [5.41, 5.74) is 9.26. The van der Waals surface area contributed by atoms with Crippen molar-refractivity contribution in [1.29, 1.82) is 0 Å². The van der Waals surface area contributed by atoms with Gasteiger partial charge in [-0.2, -0.15) is 35.4 Å². The van der Waals surface area contributed by atoms with Crippen LogP contribution < -0.4 is 0 Å². The maximum atomic E-state index is 3.55. The Labute approximate surface area is 176 Å². The van der Waals surface area contributed by atoms with Gasteiger partial charge in [-0.05, 0) is 13.8 Å². The fraction of sp³-hybridized carbons (Fsp3) is 0.0769. The fourth-order valence-corrected chi connectivity index (χ4v) is 3.06. The molecule has 0 atom stereocenters. The second kappa shape index (κ2) is 8.51. The maximum Gasteiger partial charge on any atom is 2.00 e. The van der Waals surface area contributed by atoms with Crippen LogP contribution in [0.15, 0.2) is 84.9 Å². The molecule has 1 heteroatoms. The molecule has 0 unspecified atom stereocenters. The first kappa shape index (κ1) is 19.3. The van der Waals surface area contributed by atoms with Gasteiger partial charge in [-0.1, -0.05) is 70.8 Å². The number of aryl methyl sites for hydroxylation is 2. The molecule has 4 rings (SSSR count). The van der Waals surface area contributed by atoms with Crippen molar-refractivity contribution in [2.75, 3.05) is 0 Å². The van der Waals surface area contributed by atoms with Crippen LogP contribution in [-0.2, 0) is 21.1 Å². The van der Waals surface area contributed by atoms with Crippen molar-refractivity contribution >= 4 is 0 Å². The molecule has 0 saturated carbocycles. The van der Waals surface area contributed by atoms with Crippen LogP contribution in [0.2, 0.25) is 0 Å². The Hall–Kier alpha value is -2.43. The predicted molar refractivity (Wildman–Crippen MR) is 110 cm³/mol. The first-order chi connectivity index (χ1) is 12.7. The average molecular weight is 516 g/mol. The van der Waals surface area contributed by atoms with E-state index in [1.165, 1.54) is 22.3 Å². The van der Waals surface area contributed by atoms with Crippen molar-refractivity contribution in [3.8, 4) is 33.4 Å². The van der Waals surface area contributed by atoms with Crippen LogP contribution in [0, 0.1) is 26.0 Å². The molecule has 0 aromatic heterocycles. The van der Waals surface area contributed by atoms with Crippen LogP contribution in [0.1, 0.15) is 11.1 Å². The molecule has 0 amide bonds. The van der Waals surface area contributed by atoms with Crippen molar-refractivity contribution in [3.05, 3.63) is 108 Å². The van der Waals surface area contributed by atoms with Gasteiger partial charge in [0.05, 0.1) is 0 Å². The maximum absolute atomic E-state index is 3.55. The van der Waals surface area contributed by atoms with Gasteiger partial charge in [0.2, 0.25) is 0 Å². The van der Waals surface area contributed by atoms with Gasteiger partial charge in [0, 0.05) is 0 Å². The largest absolute Gasteiger partial charge is 2.00 e. The molecule has 0 N–H and O–H groups in total. The van der Waals surface area contributed by atoms with Gasteiger partial charge in [0.25, 0.3) is 0 Å².